The van der Waals surface area contributed by atoms with E-state index in [0.717, 1.165) is 37.1 Å². The Balaban J connectivity index is 2.00. The van der Waals surface area contributed by atoms with Crippen LogP contribution in [0.15, 0.2) is 36.4 Å². The molecule has 0 N–H and O–H groups in total. The molecule has 0 saturated heterocycles. The molecule has 1 atom stereocenters. The average molecular weight is 431 g/mol. The van der Waals surface area contributed by atoms with Gasteiger partial charge in [0.2, 0.25) is 0 Å². The summed E-state index contributed by atoms with van der Waals surface area (Å²) in [4.78, 5) is 2.20. The van der Waals surface area contributed by atoms with E-state index < -0.39 is 11.2 Å². The van der Waals surface area contributed by atoms with Crippen LogP contribution in [0, 0.1) is 28.9 Å². The Bertz CT molecular complexity index is 911. The molecule has 0 fully saturated rings. The van der Waals surface area contributed by atoms with E-state index in [0.29, 0.717) is 6.42 Å². The smallest absolute Gasteiger partial charge is 0.165 e. The summed E-state index contributed by atoms with van der Waals surface area (Å²) < 4.78 is 37.6. The van der Waals surface area contributed by atoms with Crippen LogP contribution in [0.25, 0.3) is 0 Å². The number of halogens is 2. The highest BCUT2D eigenvalue weighted by atomic mass is 19.1. The Morgan fingerprint density at radius 2 is 1.61 bits per heavy atom. The van der Waals surface area contributed by atoms with E-state index in [2.05, 4.69) is 11.0 Å². The number of nitrogens with zero attached hydrogens (tertiary/aromatic N) is 2. The van der Waals surface area contributed by atoms with Crippen molar-refractivity contribution < 1.29 is 18.3 Å². The summed E-state index contributed by atoms with van der Waals surface area (Å²) in [6, 6.07) is 12.1. The van der Waals surface area contributed by atoms with Gasteiger partial charge < -0.3 is 14.4 Å². The molecular weight excluding hydrogens is 398 g/mol. The van der Waals surface area contributed by atoms with Gasteiger partial charge >= 0.3 is 0 Å². The summed E-state index contributed by atoms with van der Waals surface area (Å²) >= 11 is 0. The van der Waals surface area contributed by atoms with Gasteiger partial charge in [0.25, 0.3) is 0 Å². The second-order valence-corrected chi connectivity index (χ2v) is 8.21. The molecule has 31 heavy (non-hydrogen) atoms. The Labute approximate surface area is 184 Å². The molecule has 2 rings (SSSR count). The minimum absolute atomic E-state index is 0.0599. The number of hydrogen-bond donors (Lipinski definition) is 0. The maximum absolute atomic E-state index is 13.9. The van der Waals surface area contributed by atoms with Crippen LogP contribution in [0.3, 0.4) is 0 Å². The van der Waals surface area contributed by atoms with Gasteiger partial charge in [0.15, 0.2) is 23.1 Å². The zero-order valence-electron chi connectivity index (χ0n) is 19.0. The molecule has 0 bridgehead atoms. The molecule has 2 aromatic rings. The number of hydrogen-bond acceptors (Lipinski definition) is 4. The predicted molar refractivity (Wildman–Crippen MR) is 118 cm³/mol. The second kappa shape index (κ2) is 11.1. The lowest BCUT2D eigenvalue weighted by atomic mass is 9.69. The number of ether oxygens (including phenoxy) is 2. The highest BCUT2D eigenvalue weighted by Crippen LogP contribution is 2.38. The minimum Gasteiger partial charge on any atom is -0.494 e. The molecule has 4 nitrogen and oxygen atoms in total. The number of methoxy groups -OCH3 is 2. The summed E-state index contributed by atoms with van der Waals surface area (Å²) in [5, 5.41) is 10.1. The van der Waals surface area contributed by atoms with Crippen molar-refractivity contribution in [1.82, 2.24) is 4.90 Å². The van der Waals surface area contributed by atoms with Gasteiger partial charge in [-0.1, -0.05) is 26.0 Å². The highest BCUT2D eigenvalue weighted by molar-refractivity contribution is 5.39. The molecule has 2 aromatic carbocycles. The molecule has 168 valence electrons. The third-order valence-corrected chi connectivity index (χ3v) is 5.96. The Morgan fingerprint density at radius 1 is 1.00 bits per heavy atom. The Morgan fingerprint density at radius 3 is 2.19 bits per heavy atom. The van der Waals surface area contributed by atoms with Gasteiger partial charge in [0.1, 0.15) is 0 Å². The van der Waals surface area contributed by atoms with Crippen molar-refractivity contribution in [2.75, 3.05) is 34.4 Å². The molecular formula is C25H32F2N2O2. The molecule has 0 aromatic heterocycles. The molecule has 6 heteroatoms. The maximum Gasteiger partial charge on any atom is 0.165 e. The lowest BCUT2D eigenvalue weighted by Crippen LogP contribution is -2.32. The third kappa shape index (κ3) is 5.95. The molecule has 0 radical (unpaired) electrons. The fourth-order valence-corrected chi connectivity index (χ4v) is 3.87. The number of nitriles is 1. The molecule has 0 saturated carbocycles. The first-order valence-electron chi connectivity index (χ1n) is 10.5. The quantitative estimate of drug-likeness (QED) is 0.482. The van der Waals surface area contributed by atoms with Crippen molar-refractivity contribution in [3.8, 4) is 17.6 Å². The normalized spacial score (nSPS) is 13.2. The van der Waals surface area contributed by atoms with Crippen LogP contribution in [-0.4, -0.2) is 39.3 Å². The topological polar surface area (TPSA) is 45.5 Å². The minimum atomic E-state index is -0.716. The van der Waals surface area contributed by atoms with Crippen LogP contribution in [0.2, 0.25) is 0 Å². The molecule has 0 aliphatic carbocycles. The fraction of sp³-hybridized carbons (Fsp3) is 0.480. The maximum atomic E-state index is 13.9. The second-order valence-electron chi connectivity index (χ2n) is 8.21. The van der Waals surface area contributed by atoms with Gasteiger partial charge in [-0.25, -0.2) is 8.78 Å². The molecule has 0 amide bonds. The fourth-order valence-electron chi connectivity index (χ4n) is 3.87. The van der Waals surface area contributed by atoms with Crippen LogP contribution < -0.4 is 9.47 Å². The standard InChI is InChI=1S/C25H32F2N2O2/c1-18(2)25(17-28,20-8-10-22(27)24(16-20)31-5)12-6-13-29(3)14-11-19-7-9-21(26)23(15-19)30-4/h7-10,15-16,18H,6,11-14H2,1-5H3. The summed E-state index contributed by atoms with van der Waals surface area (Å²) in [6.45, 7) is 5.66. The molecule has 0 spiro atoms. The Hall–Kier alpha value is -2.65. The monoisotopic (exact) mass is 430 g/mol. The lowest BCUT2D eigenvalue weighted by Gasteiger charge is -2.32. The van der Waals surface area contributed by atoms with Crippen LogP contribution in [0.1, 0.15) is 37.8 Å². The summed E-state index contributed by atoms with van der Waals surface area (Å²) in [7, 11) is 4.92. The van der Waals surface area contributed by atoms with E-state index in [9.17, 15) is 14.0 Å². The van der Waals surface area contributed by atoms with Crippen LogP contribution in [0.5, 0.6) is 11.5 Å². The summed E-state index contributed by atoms with van der Waals surface area (Å²) in [5.41, 5.74) is 1.08. The first-order valence-corrected chi connectivity index (χ1v) is 10.5. The zero-order chi connectivity index (χ0) is 23.0. The summed E-state index contributed by atoms with van der Waals surface area (Å²) in [5.74, 6) is -0.322. The molecule has 0 heterocycles. The zero-order valence-corrected chi connectivity index (χ0v) is 19.0. The number of rotatable bonds is 11. The van der Waals surface area contributed by atoms with Crippen molar-refractivity contribution in [2.45, 2.75) is 38.5 Å². The van der Waals surface area contributed by atoms with Crippen molar-refractivity contribution in [1.29, 1.82) is 5.26 Å². The van der Waals surface area contributed by atoms with Crippen LogP contribution in [0.4, 0.5) is 8.78 Å². The van der Waals surface area contributed by atoms with Crippen LogP contribution >= 0.6 is 0 Å². The first-order chi connectivity index (χ1) is 14.8. The van der Waals surface area contributed by atoms with E-state index in [1.54, 1.807) is 24.3 Å². The predicted octanol–water partition coefficient (Wildman–Crippen LogP) is 5.35. The highest BCUT2D eigenvalue weighted by Gasteiger charge is 2.36. The van der Waals surface area contributed by atoms with Gasteiger partial charge in [0, 0.05) is 6.54 Å². The van der Waals surface area contributed by atoms with Crippen molar-refractivity contribution in [3.05, 3.63) is 59.2 Å². The average Bonchev–Trinajstić information content (AvgIpc) is 2.76. The van der Waals surface area contributed by atoms with Gasteiger partial charge in [-0.2, -0.15) is 5.26 Å². The van der Waals surface area contributed by atoms with E-state index in [-0.39, 0.29) is 23.2 Å². The SMILES string of the molecule is COc1cc(CCN(C)CCCC(C#N)(c2ccc(F)c(OC)c2)C(C)C)ccc1F. The molecule has 1 unspecified atom stereocenters. The third-order valence-electron chi connectivity index (χ3n) is 5.96. The van der Waals surface area contributed by atoms with Crippen molar-refractivity contribution >= 4 is 0 Å². The number of likely N-dealkylation sites (N-methyl/N-ethyl adjacent to an activating group) is 1. The first kappa shape index (κ1) is 24.6. The van der Waals surface area contributed by atoms with Crippen LogP contribution in [-0.2, 0) is 11.8 Å². The largest absolute Gasteiger partial charge is 0.494 e. The van der Waals surface area contributed by atoms with Gasteiger partial charge in [0.05, 0.1) is 25.7 Å². The van der Waals surface area contributed by atoms with Crippen molar-refractivity contribution in [2.24, 2.45) is 5.92 Å². The molecule has 0 aliphatic heterocycles. The molecule has 0 aliphatic rings. The van der Waals surface area contributed by atoms with E-state index >= 15 is 0 Å². The van der Waals surface area contributed by atoms with Gasteiger partial charge in [-0.05, 0) is 74.2 Å². The summed E-state index contributed by atoms with van der Waals surface area (Å²) in [6.07, 6.45) is 2.25. The Kier molecular flexibility index (Phi) is 8.82. The number of benzene rings is 2. The van der Waals surface area contributed by atoms with Gasteiger partial charge in [-0.15, -0.1) is 0 Å². The van der Waals surface area contributed by atoms with E-state index in [1.807, 2.05) is 20.9 Å². The van der Waals surface area contributed by atoms with E-state index in [1.165, 1.54) is 26.4 Å². The van der Waals surface area contributed by atoms with Crippen molar-refractivity contribution in [3.63, 3.8) is 0 Å². The van der Waals surface area contributed by atoms with E-state index in [4.69, 9.17) is 9.47 Å². The van der Waals surface area contributed by atoms with Gasteiger partial charge in [-0.3, -0.25) is 0 Å². The lowest BCUT2D eigenvalue weighted by molar-refractivity contribution is 0.293.